The number of carbonyl (C=O) groups is 1. The summed E-state index contributed by atoms with van der Waals surface area (Å²) in [5.74, 6) is -0.00431. The number of rotatable bonds is 1. The smallest absolute Gasteiger partial charge is 0.246 e. The first-order valence-electron chi connectivity index (χ1n) is 3.79. The van der Waals surface area contributed by atoms with Crippen LogP contribution < -0.4 is 0 Å². The van der Waals surface area contributed by atoms with Gasteiger partial charge in [0.2, 0.25) is 5.91 Å². The van der Waals surface area contributed by atoms with Crippen molar-refractivity contribution in [2.45, 2.75) is 18.2 Å². The molecule has 0 aliphatic carbocycles. The van der Waals surface area contributed by atoms with Crippen molar-refractivity contribution in [3.8, 4) is 0 Å². The molecule has 1 fully saturated rings. The van der Waals surface area contributed by atoms with Gasteiger partial charge in [-0.1, -0.05) is 6.58 Å². The van der Waals surface area contributed by atoms with Crippen LogP contribution in [0.3, 0.4) is 0 Å². The van der Waals surface area contributed by atoms with Crippen molar-refractivity contribution in [3.63, 3.8) is 0 Å². The number of piperidine rings is 1. The van der Waals surface area contributed by atoms with Gasteiger partial charge in [0.1, 0.15) is 0 Å². The van der Waals surface area contributed by atoms with E-state index in [-0.39, 0.29) is 11.3 Å². The van der Waals surface area contributed by atoms with Gasteiger partial charge in [-0.05, 0) is 18.9 Å². The third-order valence-electron chi connectivity index (χ3n) is 1.85. The van der Waals surface area contributed by atoms with E-state index in [1.165, 1.54) is 6.08 Å². The fourth-order valence-corrected chi connectivity index (χ4v) is 1.58. The molecule has 1 amide bonds. The molecular weight excluding hydrogens is 162 g/mol. The maximum Gasteiger partial charge on any atom is 0.246 e. The van der Waals surface area contributed by atoms with E-state index in [1.807, 2.05) is 0 Å². The number of carbonyl (C=O) groups excluding carboxylic acids is 1. The van der Waals surface area contributed by atoms with Crippen LogP contribution in [0.4, 0.5) is 0 Å². The molecule has 0 N–H and O–H groups in total. The number of hydrogen-bond acceptors (Lipinski definition) is 1. The zero-order valence-electron chi connectivity index (χ0n) is 6.42. The van der Waals surface area contributed by atoms with Gasteiger partial charge in [0, 0.05) is 13.1 Å². The van der Waals surface area contributed by atoms with Crippen LogP contribution in [0.1, 0.15) is 12.8 Å². The third kappa shape index (κ3) is 2.22. The Labute approximate surface area is 71.8 Å². The SMILES string of the molecule is C=CC(=O)N1CCCC(Cl)C1. The molecule has 0 aromatic rings. The number of nitrogens with zero attached hydrogens (tertiary/aromatic N) is 1. The first-order chi connectivity index (χ1) is 5.24. The van der Waals surface area contributed by atoms with Gasteiger partial charge in [-0.3, -0.25) is 4.79 Å². The molecule has 0 spiro atoms. The molecule has 0 aromatic heterocycles. The Morgan fingerprint density at radius 1 is 1.73 bits per heavy atom. The lowest BCUT2D eigenvalue weighted by atomic mass is 10.1. The van der Waals surface area contributed by atoms with Gasteiger partial charge >= 0.3 is 0 Å². The minimum atomic E-state index is -0.00431. The first kappa shape index (κ1) is 8.60. The van der Waals surface area contributed by atoms with Crippen molar-refractivity contribution in [1.82, 2.24) is 4.90 Å². The van der Waals surface area contributed by atoms with E-state index in [0.29, 0.717) is 6.54 Å². The maximum atomic E-state index is 11.1. The van der Waals surface area contributed by atoms with Crippen LogP contribution in [-0.2, 0) is 4.79 Å². The average Bonchev–Trinajstić information content (AvgIpc) is 2.03. The Balaban J connectivity index is 2.45. The lowest BCUT2D eigenvalue weighted by Crippen LogP contribution is -2.39. The van der Waals surface area contributed by atoms with Gasteiger partial charge in [0.05, 0.1) is 5.38 Å². The molecule has 0 saturated carbocycles. The minimum absolute atomic E-state index is 0.00431. The Kier molecular flexibility index (Phi) is 2.94. The standard InChI is InChI=1S/C8H12ClNO/c1-2-8(11)10-5-3-4-7(9)6-10/h2,7H,1,3-6H2. The topological polar surface area (TPSA) is 20.3 Å². The lowest BCUT2D eigenvalue weighted by molar-refractivity contribution is -0.126. The van der Waals surface area contributed by atoms with Crippen LogP contribution in [0.25, 0.3) is 0 Å². The van der Waals surface area contributed by atoms with Crippen LogP contribution in [0.2, 0.25) is 0 Å². The third-order valence-corrected chi connectivity index (χ3v) is 2.21. The van der Waals surface area contributed by atoms with E-state index >= 15 is 0 Å². The van der Waals surface area contributed by atoms with Gasteiger partial charge in [-0.2, -0.15) is 0 Å². The number of halogens is 1. The molecule has 3 heteroatoms. The predicted octanol–water partition coefficient (Wildman–Crippen LogP) is 1.40. The maximum absolute atomic E-state index is 11.1. The van der Waals surface area contributed by atoms with Gasteiger partial charge in [-0.25, -0.2) is 0 Å². The molecular formula is C8H12ClNO. The van der Waals surface area contributed by atoms with E-state index in [0.717, 1.165) is 19.4 Å². The molecule has 1 unspecified atom stereocenters. The first-order valence-corrected chi connectivity index (χ1v) is 4.23. The Hall–Kier alpha value is -0.500. The summed E-state index contributed by atoms with van der Waals surface area (Å²) in [5.41, 5.74) is 0. The molecule has 11 heavy (non-hydrogen) atoms. The van der Waals surface area contributed by atoms with E-state index in [4.69, 9.17) is 11.6 Å². The monoisotopic (exact) mass is 173 g/mol. The molecule has 1 saturated heterocycles. The Morgan fingerprint density at radius 3 is 3.00 bits per heavy atom. The summed E-state index contributed by atoms with van der Waals surface area (Å²) in [5, 5.41) is 0.132. The lowest BCUT2D eigenvalue weighted by Gasteiger charge is -2.28. The molecule has 0 bridgehead atoms. The summed E-state index contributed by atoms with van der Waals surface area (Å²) in [7, 11) is 0. The van der Waals surface area contributed by atoms with Crippen LogP contribution in [-0.4, -0.2) is 29.3 Å². The number of alkyl halides is 1. The largest absolute Gasteiger partial charge is 0.338 e. The summed E-state index contributed by atoms with van der Waals surface area (Å²) in [6.07, 6.45) is 3.37. The van der Waals surface area contributed by atoms with Crippen LogP contribution in [0.15, 0.2) is 12.7 Å². The van der Waals surface area contributed by atoms with Crippen molar-refractivity contribution in [2.75, 3.05) is 13.1 Å². The molecule has 1 heterocycles. The summed E-state index contributed by atoms with van der Waals surface area (Å²) >= 11 is 5.88. The predicted molar refractivity (Wildman–Crippen MR) is 45.7 cm³/mol. The quantitative estimate of drug-likeness (QED) is 0.434. The summed E-state index contributed by atoms with van der Waals surface area (Å²) in [4.78, 5) is 12.8. The highest BCUT2D eigenvalue weighted by Crippen LogP contribution is 2.14. The van der Waals surface area contributed by atoms with Crippen LogP contribution in [0.5, 0.6) is 0 Å². The number of likely N-dealkylation sites (tertiary alicyclic amines) is 1. The zero-order chi connectivity index (χ0) is 8.27. The molecule has 1 atom stereocenters. The second-order valence-electron chi connectivity index (χ2n) is 2.73. The zero-order valence-corrected chi connectivity index (χ0v) is 7.18. The second kappa shape index (κ2) is 3.77. The van der Waals surface area contributed by atoms with Gasteiger partial charge in [0.15, 0.2) is 0 Å². The van der Waals surface area contributed by atoms with Crippen molar-refractivity contribution < 1.29 is 4.79 Å². The molecule has 0 aromatic carbocycles. The average molecular weight is 174 g/mol. The number of amides is 1. The van der Waals surface area contributed by atoms with Crippen LogP contribution in [0, 0.1) is 0 Å². The Morgan fingerprint density at radius 2 is 2.45 bits per heavy atom. The van der Waals surface area contributed by atoms with Gasteiger partial charge in [-0.15, -0.1) is 11.6 Å². The van der Waals surface area contributed by atoms with Gasteiger partial charge in [0.25, 0.3) is 0 Å². The van der Waals surface area contributed by atoms with E-state index in [1.54, 1.807) is 4.90 Å². The summed E-state index contributed by atoms with van der Waals surface area (Å²) in [6, 6.07) is 0. The number of hydrogen-bond donors (Lipinski definition) is 0. The molecule has 62 valence electrons. The van der Waals surface area contributed by atoms with E-state index in [9.17, 15) is 4.79 Å². The highest BCUT2D eigenvalue weighted by Gasteiger charge is 2.19. The molecule has 2 nitrogen and oxygen atoms in total. The fourth-order valence-electron chi connectivity index (χ4n) is 1.25. The second-order valence-corrected chi connectivity index (χ2v) is 3.35. The van der Waals surface area contributed by atoms with Gasteiger partial charge < -0.3 is 4.90 Å². The Bertz CT molecular complexity index is 169. The van der Waals surface area contributed by atoms with Crippen molar-refractivity contribution in [1.29, 1.82) is 0 Å². The summed E-state index contributed by atoms with van der Waals surface area (Å²) in [6.45, 7) is 4.93. The van der Waals surface area contributed by atoms with Crippen molar-refractivity contribution in [2.24, 2.45) is 0 Å². The van der Waals surface area contributed by atoms with Crippen LogP contribution >= 0.6 is 11.6 Å². The van der Waals surface area contributed by atoms with E-state index < -0.39 is 0 Å². The van der Waals surface area contributed by atoms with Crippen molar-refractivity contribution >= 4 is 17.5 Å². The highest BCUT2D eigenvalue weighted by atomic mass is 35.5. The highest BCUT2D eigenvalue weighted by molar-refractivity contribution is 6.21. The minimum Gasteiger partial charge on any atom is -0.338 e. The summed E-state index contributed by atoms with van der Waals surface area (Å²) < 4.78 is 0. The molecule has 1 aliphatic heterocycles. The van der Waals surface area contributed by atoms with E-state index in [2.05, 4.69) is 6.58 Å². The molecule has 0 radical (unpaired) electrons. The molecule has 1 aliphatic rings. The fraction of sp³-hybridized carbons (Fsp3) is 0.625. The normalized spacial score (nSPS) is 24.8. The van der Waals surface area contributed by atoms with Crippen molar-refractivity contribution in [3.05, 3.63) is 12.7 Å². The molecule has 1 rings (SSSR count).